The Balaban J connectivity index is 3.56. The summed E-state index contributed by atoms with van der Waals surface area (Å²) in [4.78, 5) is 33.9. The quantitative estimate of drug-likeness (QED) is 0.0240. The lowest BCUT2D eigenvalue weighted by Gasteiger charge is -2.15. The van der Waals surface area contributed by atoms with Crippen LogP contribution in [0.25, 0.3) is 0 Å². The number of phosphoric acid groups is 1. The molecule has 2 atom stereocenters. The summed E-state index contributed by atoms with van der Waals surface area (Å²) in [5.41, 5.74) is 0. The maximum Gasteiger partial charge on any atom is 0.472 e. The molecule has 0 bridgehead atoms. The molecule has 0 fully saturated rings. The number of aliphatic hydroxyl groups excluding tert-OH is 1. The topological polar surface area (TPSA) is 131 Å². The molecule has 0 heterocycles. The zero-order chi connectivity index (χ0) is 41.8. The van der Waals surface area contributed by atoms with Crippen molar-refractivity contribution >= 4 is 19.7 Å². The standard InChI is InChI=1S/C47H86NO8P/c1-3-5-7-9-11-13-15-17-18-19-20-21-22-23-24-25-26-28-29-31-33-35-37-39-46(50)48-41-42-55-57(52,53)56-44-45(49)43-54-47(51)40-38-36-34-32-30-27-16-14-12-10-8-6-4-2/h8,10-11,13-14,16-18,45,49H,3-7,9,12,15,19-44H2,1-2H3,(H,48,50)(H,52,53)/b10-8-,13-11-,16-14-,18-17-. The van der Waals surface area contributed by atoms with Crippen molar-refractivity contribution in [2.45, 2.75) is 213 Å². The summed E-state index contributed by atoms with van der Waals surface area (Å²) in [6, 6.07) is 0. The number of aliphatic hydroxyl groups is 1. The maximum absolute atomic E-state index is 12.1. The molecule has 0 saturated heterocycles. The van der Waals surface area contributed by atoms with Crippen molar-refractivity contribution in [1.82, 2.24) is 5.32 Å². The molecule has 2 unspecified atom stereocenters. The third-order valence-corrected chi connectivity index (χ3v) is 10.7. The number of allylic oxidation sites excluding steroid dienone is 8. The Labute approximate surface area is 349 Å². The number of phosphoric ester groups is 1. The Bertz CT molecular complexity index is 1080. The zero-order valence-corrected chi connectivity index (χ0v) is 37.4. The van der Waals surface area contributed by atoms with Gasteiger partial charge in [0.2, 0.25) is 5.91 Å². The summed E-state index contributed by atoms with van der Waals surface area (Å²) in [6.07, 6.45) is 50.5. The molecule has 10 heteroatoms. The fraction of sp³-hybridized carbons (Fsp3) is 0.787. The maximum atomic E-state index is 12.1. The van der Waals surface area contributed by atoms with Gasteiger partial charge in [0.25, 0.3) is 0 Å². The van der Waals surface area contributed by atoms with Gasteiger partial charge in [-0.05, 0) is 70.6 Å². The molecule has 0 saturated carbocycles. The van der Waals surface area contributed by atoms with E-state index in [9.17, 15) is 24.2 Å². The van der Waals surface area contributed by atoms with Gasteiger partial charge in [0.05, 0.1) is 13.2 Å². The van der Waals surface area contributed by atoms with Crippen LogP contribution in [-0.4, -0.2) is 54.3 Å². The normalized spacial score (nSPS) is 13.7. The minimum atomic E-state index is -4.42. The first-order chi connectivity index (χ1) is 27.8. The number of ether oxygens (including phenoxy) is 1. The molecule has 0 radical (unpaired) electrons. The van der Waals surface area contributed by atoms with Crippen LogP contribution in [-0.2, 0) is 27.9 Å². The summed E-state index contributed by atoms with van der Waals surface area (Å²) in [7, 11) is -4.42. The van der Waals surface area contributed by atoms with Crippen molar-refractivity contribution in [3.63, 3.8) is 0 Å². The molecule has 0 aromatic carbocycles. The number of rotatable bonds is 43. The van der Waals surface area contributed by atoms with Crippen LogP contribution in [0.15, 0.2) is 48.6 Å². The minimum Gasteiger partial charge on any atom is -0.463 e. The molecule has 1 amide bonds. The predicted octanol–water partition coefficient (Wildman–Crippen LogP) is 13.1. The summed E-state index contributed by atoms with van der Waals surface area (Å²) in [5, 5.41) is 12.7. The van der Waals surface area contributed by atoms with Crippen molar-refractivity contribution in [1.29, 1.82) is 0 Å². The monoisotopic (exact) mass is 824 g/mol. The average molecular weight is 824 g/mol. The van der Waals surface area contributed by atoms with Gasteiger partial charge in [-0.2, -0.15) is 0 Å². The van der Waals surface area contributed by atoms with Gasteiger partial charge >= 0.3 is 13.8 Å². The smallest absolute Gasteiger partial charge is 0.463 e. The van der Waals surface area contributed by atoms with Crippen LogP contribution in [0.1, 0.15) is 206 Å². The van der Waals surface area contributed by atoms with E-state index in [1.165, 1.54) is 103 Å². The molecule has 57 heavy (non-hydrogen) atoms. The molecular formula is C47H86NO8P. The van der Waals surface area contributed by atoms with Gasteiger partial charge in [0.1, 0.15) is 12.7 Å². The van der Waals surface area contributed by atoms with Crippen molar-refractivity contribution < 1.29 is 37.9 Å². The van der Waals surface area contributed by atoms with Crippen LogP contribution in [0.5, 0.6) is 0 Å². The molecule has 0 aliphatic carbocycles. The molecule has 0 aliphatic heterocycles. The number of carbonyl (C=O) groups is 2. The summed E-state index contributed by atoms with van der Waals surface area (Å²) in [5.74, 6) is -0.531. The molecule has 0 spiro atoms. The summed E-state index contributed by atoms with van der Waals surface area (Å²) >= 11 is 0. The average Bonchev–Trinajstić information content (AvgIpc) is 3.20. The molecule has 0 aromatic heterocycles. The van der Waals surface area contributed by atoms with Gasteiger partial charge in [-0.1, -0.05) is 172 Å². The predicted molar refractivity (Wildman–Crippen MR) is 238 cm³/mol. The van der Waals surface area contributed by atoms with E-state index in [4.69, 9.17) is 13.8 Å². The number of hydrogen-bond acceptors (Lipinski definition) is 7. The van der Waals surface area contributed by atoms with Gasteiger partial charge in [0, 0.05) is 19.4 Å². The van der Waals surface area contributed by atoms with Crippen LogP contribution in [0.3, 0.4) is 0 Å². The SMILES string of the molecule is CCC/C=C\C/C=C\CCCCCCCC(=O)OCC(O)COP(=O)(O)OCCNC(=O)CCCCCCCCCCCCCCC/C=C\C/C=C\CCCCC. The minimum absolute atomic E-state index is 0.0790. The summed E-state index contributed by atoms with van der Waals surface area (Å²) in [6.45, 7) is 3.45. The van der Waals surface area contributed by atoms with E-state index < -0.39 is 26.5 Å². The molecule has 0 rings (SSSR count). The highest BCUT2D eigenvalue weighted by atomic mass is 31.2. The second-order valence-electron chi connectivity index (χ2n) is 15.4. The Hall–Kier alpha value is -2.03. The van der Waals surface area contributed by atoms with Crippen molar-refractivity contribution in [3.05, 3.63) is 48.6 Å². The summed E-state index contributed by atoms with van der Waals surface area (Å²) < 4.78 is 26.9. The second-order valence-corrected chi connectivity index (χ2v) is 16.8. The third kappa shape index (κ3) is 44.9. The van der Waals surface area contributed by atoms with Crippen molar-refractivity contribution in [2.24, 2.45) is 0 Å². The van der Waals surface area contributed by atoms with E-state index >= 15 is 0 Å². The van der Waals surface area contributed by atoms with E-state index in [1.54, 1.807) is 0 Å². The highest BCUT2D eigenvalue weighted by Gasteiger charge is 2.23. The Kier molecular flexibility index (Phi) is 42.0. The molecule has 332 valence electrons. The molecule has 0 aliphatic rings. The highest BCUT2D eigenvalue weighted by molar-refractivity contribution is 7.47. The fourth-order valence-electron chi connectivity index (χ4n) is 6.21. The van der Waals surface area contributed by atoms with E-state index in [0.29, 0.717) is 6.42 Å². The molecule has 3 N–H and O–H groups in total. The van der Waals surface area contributed by atoms with Crippen LogP contribution >= 0.6 is 7.82 Å². The number of esters is 1. The first-order valence-electron chi connectivity index (χ1n) is 23.1. The van der Waals surface area contributed by atoms with Crippen molar-refractivity contribution in [3.8, 4) is 0 Å². The Morgan fingerprint density at radius 3 is 1.47 bits per heavy atom. The van der Waals surface area contributed by atoms with Crippen LogP contribution in [0.4, 0.5) is 0 Å². The van der Waals surface area contributed by atoms with E-state index in [-0.39, 0.29) is 32.1 Å². The fourth-order valence-corrected chi connectivity index (χ4v) is 6.97. The molecular weight excluding hydrogens is 737 g/mol. The number of nitrogens with one attached hydrogen (secondary N) is 1. The first-order valence-corrected chi connectivity index (χ1v) is 24.6. The number of amides is 1. The van der Waals surface area contributed by atoms with E-state index in [2.05, 4.69) is 67.8 Å². The number of unbranched alkanes of at least 4 members (excludes halogenated alkanes) is 22. The number of hydrogen-bond donors (Lipinski definition) is 3. The van der Waals surface area contributed by atoms with Gasteiger partial charge in [-0.15, -0.1) is 0 Å². The van der Waals surface area contributed by atoms with Gasteiger partial charge in [0.15, 0.2) is 0 Å². The van der Waals surface area contributed by atoms with E-state index in [1.807, 2.05) is 0 Å². The molecule has 0 aromatic rings. The highest BCUT2D eigenvalue weighted by Crippen LogP contribution is 2.42. The zero-order valence-electron chi connectivity index (χ0n) is 36.5. The van der Waals surface area contributed by atoms with Gasteiger partial charge in [-0.3, -0.25) is 18.6 Å². The Morgan fingerprint density at radius 2 is 0.982 bits per heavy atom. The van der Waals surface area contributed by atoms with E-state index in [0.717, 1.165) is 77.0 Å². The third-order valence-electron chi connectivity index (χ3n) is 9.71. The number of carbonyl (C=O) groups excluding carboxylic acids is 2. The Morgan fingerprint density at radius 1 is 0.544 bits per heavy atom. The van der Waals surface area contributed by atoms with Gasteiger partial charge in [-0.25, -0.2) is 4.57 Å². The first kappa shape index (κ1) is 55.0. The lowest BCUT2D eigenvalue weighted by Crippen LogP contribution is -2.27. The van der Waals surface area contributed by atoms with Crippen LogP contribution in [0.2, 0.25) is 0 Å². The van der Waals surface area contributed by atoms with Crippen LogP contribution in [0, 0.1) is 0 Å². The van der Waals surface area contributed by atoms with Gasteiger partial charge < -0.3 is 20.1 Å². The largest absolute Gasteiger partial charge is 0.472 e. The lowest BCUT2D eigenvalue weighted by atomic mass is 10.0. The second kappa shape index (κ2) is 43.5. The lowest BCUT2D eigenvalue weighted by molar-refractivity contribution is -0.147. The van der Waals surface area contributed by atoms with Crippen molar-refractivity contribution in [2.75, 3.05) is 26.4 Å². The van der Waals surface area contributed by atoms with Crippen LogP contribution < -0.4 is 5.32 Å². The molecule has 9 nitrogen and oxygen atoms in total.